The van der Waals surface area contributed by atoms with Gasteiger partial charge in [0.05, 0.1) is 22.5 Å². The lowest BCUT2D eigenvalue weighted by molar-refractivity contribution is 0.595. The molecule has 0 unspecified atom stereocenters. The molecule has 7 nitrogen and oxygen atoms in total. The molecule has 0 fully saturated rings. The number of nitrogens with two attached hydrogens (primary N) is 1. The molecule has 126 valence electrons. The third kappa shape index (κ3) is 3.15. The Morgan fingerprint density at radius 2 is 1.96 bits per heavy atom. The fraction of sp³-hybridized carbons (Fsp3) is 0. The molecule has 1 heterocycles. The van der Waals surface area contributed by atoms with Gasteiger partial charge in [0.15, 0.2) is 0 Å². The Morgan fingerprint density at radius 3 is 2.64 bits per heavy atom. The number of nitrogens with one attached hydrogen (secondary N) is 1. The Balaban J connectivity index is 2.05. The van der Waals surface area contributed by atoms with Crippen LogP contribution < -0.4 is 10.5 Å². The number of anilines is 2. The molecule has 3 aromatic rings. The predicted octanol–water partition coefficient (Wildman–Crippen LogP) is 2.27. The van der Waals surface area contributed by atoms with Crippen molar-refractivity contribution in [1.82, 2.24) is 9.78 Å². The van der Waals surface area contributed by atoms with Crippen LogP contribution in [0.2, 0.25) is 0 Å². The summed E-state index contributed by atoms with van der Waals surface area (Å²) < 4.78 is 41.9. The van der Waals surface area contributed by atoms with Gasteiger partial charge in [-0.15, -0.1) is 0 Å². The molecular formula is C16H12FN5O2S. The number of sulfonamides is 1. The number of halogens is 1. The zero-order valence-electron chi connectivity index (χ0n) is 12.7. The zero-order valence-corrected chi connectivity index (χ0v) is 13.5. The highest BCUT2D eigenvalue weighted by molar-refractivity contribution is 7.92. The van der Waals surface area contributed by atoms with E-state index in [-0.39, 0.29) is 22.0 Å². The van der Waals surface area contributed by atoms with E-state index in [4.69, 9.17) is 11.0 Å². The van der Waals surface area contributed by atoms with Crippen molar-refractivity contribution in [3.8, 4) is 11.8 Å². The fourth-order valence-corrected chi connectivity index (χ4v) is 3.32. The Morgan fingerprint density at radius 1 is 1.20 bits per heavy atom. The summed E-state index contributed by atoms with van der Waals surface area (Å²) in [6.45, 7) is 0. The van der Waals surface area contributed by atoms with E-state index in [0.717, 1.165) is 12.1 Å². The van der Waals surface area contributed by atoms with Gasteiger partial charge in [-0.1, -0.05) is 18.2 Å². The molecule has 0 radical (unpaired) electrons. The maximum Gasteiger partial charge on any atom is 0.262 e. The fourth-order valence-electron chi connectivity index (χ4n) is 2.22. The SMILES string of the molecule is N#Cc1cnn(-c2ccccc2NS(=O)(=O)c2cccc(F)c2)c1N. The molecule has 0 atom stereocenters. The molecule has 2 aromatic carbocycles. The van der Waals surface area contributed by atoms with E-state index >= 15 is 0 Å². The van der Waals surface area contributed by atoms with Crippen molar-refractivity contribution in [1.29, 1.82) is 5.26 Å². The standard InChI is InChI=1S/C16H12FN5O2S/c17-12-4-3-5-13(8-12)25(23,24)21-14-6-1-2-7-15(14)22-16(19)11(9-18)10-20-22/h1-8,10,21H,19H2. The molecule has 0 saturated carbocycles. The molecule has 0 spiro atoms. The molecule has 0 bridgehead atoms. The first-order valence-electron chi connectivity index (χ1n) is 7.04. The third-order valence-electron chi connectivity index (χ3n) is 3.41. The number of para-hydroxylation sites is 2. The van der Waals surface area contributed by atoms with Gasteiger partial charge in [-0.25, -0.2) is 17.5 Å². The van der Waals surface area contributed by atoms with Gasteiger partial charge in [0.2, 0.25) is 0 Å². The molecule has 1 aromatic heterocycles. The summed E-state index contributed by atoms with van der Waals surface area (Å²) in [6.07, 6.45) is 1.28. The lowest BCUT2D eigenvalue weighted by atomic mass is 10.2. The number of nitrogen functional groups attached to an aromatic ring is 1. The van der Waals surface area contributed by atoms with Gasteiger partial charge >= 0.3 is 0 Å². The Bertz CT molecular complexity index is 1090. The first-order chi connectivity index (χ1) is 11.9. The number of aromatic nitrogens is 2. The summed E-state index contributed by atoms with van der Waals surface area (Å²) in [5.74, 6) is -0.578. The summed E-state index contributed by atoms with van der Waals surface area (Å²) in [5.41, 5.74) is 6.55. The Kier molecular flexibility index (Phi) is 4.12. The highest BCUT2D eigenvalue weighted by atomic mass is 32.2. The van der Waals surface area contributed by atoms with Gasteiger partial charge in [0.25, 0.3) is 10.0 Å². The van der Waals surface area contributed by atoms with Crippen molar-refractivity contribution in [3.05, 3.63) is 66.1 Å². The van der Waals surface area contributed by atoms with Crippen LogP contribution >= 0.6 is 0 Å². The van der Waals surface area contributed by atoms with Crippen molar-refractivity contribution < 1.29 is 12.8 Å². The van der Waals surface area contributed by atoms with Crippen LogP contribution in [-0.2, 0) is 10.0 Å². The Labute approximate surface area is 143 Å². The van der Waals surface area contributed by atoms with Gasteiger partial charge in [-0.3, -0.25) is 4.72 Å². The third-order valence-corrected chi connectivity index (χ3v) is 4.77. The molecule has 0 amide bonds. The van der Waals surface area contributed by atoms with E-state index in [1.165, 1.54) is 29.1 Å². The second-order valence-corrected chi connectivity index (χ2v) is 6.73. The second-order valence-electron chi connectivity index (χ2n) is 5.05. The largest absolute Gasteiger partial charge is 0.382 e. The van der Waals surface area contributed by atoms with Crippen LogP contribution in [0.4, 0.5) is 15.9 Å². The quantitative estimate of drug-likeness (QED) is 0.743. The second kappa shape index (κ2) is 6.26. The van der Waals surface area contributed by atoms with E-state index in [0.29, 0.717) is 5.69 Å². The average Bonchev–Trinajstić information content (AvgIpc) is 2.95. The lowest BCUT2D eigenvalue weighted by Crippen LogP contribution is -2.15. The molecule has 25 heavy (non-hydrogen) atoms. The number of hydrogen-bond donors (Lipinski definition) is 2. The number of hydrogen-bond acceptors (Lipinski definition) is 5. The summed E-state index contributed by atoms with van der Waals surface area (Å²) >= 11 is 0. The minimum Gasteiger partial charge on any atom is -0.382 e. The van der Waals surface area contributed by atoms with Crippen LogP contribution in [0.25, 0.3) is 5.69 Å². The molecule has 3 N–H and O–H groups in total. The lowest BCUT2D eigenvalue weighted by Gasteiger charge is -2.13. The topological polar surface area (TPSA) is 114 Å². The number of benzene rings is 2. The summed E-state index contributed by atoms with van der Waals surface area (Å²) in [4.78, 5) is -0.214. The zero-order chi connectivity index (χ0) is 18.0. The number of rotatable bonds is 4. The maximum absolute atomic E-state index is 13.3. The van der Waals surface area contributed by atoms with E-state index < -0.39 is 15.8 Å². The minimum atomic E-state index is -4.01. The molecule has 0 aliphatic carbocycles. The van der Waals surface area contributed by atoms with Gasteiger partial charge in [-0.2, -0.15) is 10.4 Å². The predicted molar refractivity (Wildman–Crippen MR) is 89.9 cm³/mol. The van der Waals surface area contributed by atoms with Crippen LogP contribution in [-0.4, -0.2) is 18.2 Å². The van der Waals surface area contributed by atoms with Crippen molar-refractivity contribution in [2.24, 2.45) is 0 Å². The molecular weight excluding hydrogens is 345 g/mol. The van der Waals surface area contributed by atoms with Crippen LogP contribution in [0.3, 0.4) is 0 Å². The summed E-state index contributed by atoms with van der Waals surface area (Å²) in [5, 5.41) is 13.0. The monoisotopic (exact) mass is 357 g/mol. The van der Waals surface area contributed by atoms with Gasteiger partial charge in [-0.05, 0) is 30.3 Å². The van der Waals surface area contributed by atoms with Crippen molar-refractivity contribution in [2.75, 3.05) is 10.5 Å². The highest BCUT2D eigenvalue weighted by Gasteiger charge is 2.18. The Hall–Kier alpha value is -3.38. The van der Waals surface area contributed by atoms with E-state index in [1.807, 2.05) is 6.07 Å². The van der Waals surface area contributed by atoms with Gasteiger partial charge < -0.3 is 5.73 Å². The minimum absolute atomic E-state index is 0.0832. The van der Waals surface area contributed by atoms with E-state index in [2.05, 4.69) is 9.82 Å². The number of nitriles is 1. The van der Waals surface area contributed by atoms with Crippen LogP contribution in [0.1, 0.15) is 5.56 Å². The van der Waals surface area contributed by atoms with Crippen LogP contribution in [0.5, 0.6) is 0 Å². The van der Waals surface area contributed by atoms with Crippen molar-refractivity contribution >= 4 is 21.5 Å². The summed E-state index contributed by atoms with van der Waals surface area (Å²) in [6, 6.07) is 13.0. The molecule has 0 aliphatic heterocycles. The maximum atomic E-state index is 13.3. The van der Waals surface area contributed by atoms with Crippen LogP contribution in [0.15, 0.2) is 59.6 Å². The smallest absolute Gasteiger partial charge is 0.262 e. The van der Waals surface area contributed by atoms with Crippen molar-refractivity contribution in [3.63, 3.8) is 0 Å². The van der Waals surface area contributed by atoms with Gasteiger partial charge in [0, 0.05) is 0 Å². The first-order valence-corrected chi connectivity index (χ1v) is 8.52. The normalized spacial score (nSPS) is 11.0. The summed E-state index contributed by atoms with van der Waals surface area (Å²) in [7, 11) is -4.01. The molecule has 3 rings (SSSR count). The van der Waals surface area contributed by atoms with E-state index in [9.17, 15) is 12.8 Å². The van der Waals surface area contributed by atoms with Crippen LogP contribution in [0, 0.1) is 17.1 Å². The highest BCUT2D eigenvalue weighted by Crippen LogP contribution is 2.26. The molecule has 9 heteroatoms. The number of nitrogens with zero attached hydrogens (tertiary/aromatic N) is 3. The molecule has 0 saturated heterocycles. The molecule has 0 aliphatic rings. The van der Waals surface area contributed by atoms with Crippen molar-refractivity contribution in [2.45, 2.75) is 4.90 Å². The first kappa shape index (κ1) is 16.5. The average molecular weight is 357 g/mol. The van der Waals surface area contributed by atoms with Gasteiger partial charge in [0.1, 0.15) is 23.3 Å². The van der Waals surface area contributed by atoms with E-state index in [1.54, 1.807) is 18.2 Å².